The molecule has 0 amide bonds. The van der Waals surface area contributed by atoms with Gasteiger partial charge in [-0.15, -0.1) is 27.8 Å². The number of aromatic nitrogens is 2. The fourth-order valence-corrected chi connectivity index (χ4v) is 4.54. The molecule has 0 unspecified atom stereocenters. The van der Waals surface area contributed by atoms with Crippen molar-refractivity contribution < 1.29 is 0 Å². The number of anilines is 1. The van der Waals surface area contributed by atoms with Gasteiger partial charge in [-0.05, 0) is 23.9 Å². The van der Waals surface area contributed by atoms with Crippen LogP contribution in [0.3, 0.4) is 0 Å². The van der Waals surface area contributed by atoms with Crippen molar-refractivity contribution in [3.63, 3.8) is 0 Å². The lowest BCUT2D eigenvalue weighted by Gasteiger charge is -2.04. The number of nitrogens with zero attached hydrogens (tertiary/aromatic N) is 3. The Hall–Kier alpha value is -1.99. The summed E-state index contributed by atoms with van der Waals surface area (Å²) < 4.78 is 1.18. The number of hydrogen-bond donors (Lipinski definition) is 2. The minimum atomic E-state index is 0.818. The monoisotopic (exact) mass is 343 g/mol. The van der Waals surface area contributed by atoms with Gasteiger partial charge >= 0.3 is 0 Å². The van der Waals surface area contributed by atoms with E-state index >= 15 is 0 Å². The summed E-state index contributed by atoms with van der Waals surface area (Å²) >= 11 is 3.55. The van der Waals surface area contributed by atoms with E-state index in [2.05, 4.69) is 50.3 Å². The van der Waals surface area contributed by atoms with Gasteiger partial charge in [0.05, 0.1) is 23.1 Å². The van der Waals surface area contributed by atoms with Crippen molar-refractivity contribution in [2.45, 2.75) is 19.9 Å². The molecular formula is C16H17N5S2. The zero-order valence-electron chi connectivity index (χ0n) is 12.8. The molecule has 1 aliphatic heterocycles. The molecule has 0 spiro atoms. The van der Waals surface area contributed by atoms with Crippen LogP contribution in [0, 0.1) is 6.92 Å². The topological polar surface area (TPSA) is 62.2 Å². The van der Waals surface area contributed by atoms with E-state index in [-0.39, 0.29) is 0 Å². The molecule has 4 rings (SSSR count). The first-order chi connectivity index (χ1) is 11.3. The Morgan fingerprint density at radius 1 is 1.39 bits per heavy atom. The number of fused-ring (bicyclic) bond motifs is 1. The lowest BCUT2D eigenvalue weighted by molar-refractivity contribution is 0.954. The quantitative estimate of drug-likeness (QED) is 0.747. The van der Waals surface area contributed by atoms with Gasteiger partial charge in [0.25, 0.3) is 0 Å². The summed E-state index contributed by atoms with van der Waals surface area (Å²) in [5.41, 5.74) is 3.28. The molecule has 0 aromatic carbocycles. The molecule has 0 saturated carbocycles. The summed E-state index contributed by atoms with van der Waals surface area (Å²) in [6, 6.07) is 4.21. The van der Waals surface area contributed by atoms with Crippen LogP contribution in [0.15, 0.2) is 28.7 Å². The normalized spacial score (nSPS) is 14.0. The number of nitrogens with one attached hydrogen (secondary N) is 2. The Morgan fingerprint density at radius 2 is 2.35 bits per heavy atom. The van der Waals surface area contributed by atoms with Crippen LogP contribution in [-0.2, 0) is 13.0 Å². The van der Waals surface area contributed by atoms with Gasteiger partial charge in [-0.2, -0.15) is 5.10 Å². The van der Waals surface area contributed by atoms with E-state index in [1.54, 1.807) is 22.7 Å². The summed E-state index contributed by atoms with van der Waals surface area (Å²) in [5.74, 6) is 1.08. The molecule has 0 aliphatic carbocycles. The van der Waals surface area contributed by atoms with Gasteiger partial charge in [0.1, 0.15) is 11.4 Å². The van der Waals surface area contributed by atoms with Crippen molar-refractivity contribution in [1.82, 2.24) is 15.5 Å². The Balaban J connectivity index is 1.63. The van der Waals surface area contributed by atoms with E-state index < -0.39 is 0 Å². The number of hydrogen-bond acceptors (Lipinski definition) is 7. The molecular weight excluding hydrogens is 326 g/mol. The number of rotatable bonds is 5. The number of thiophene rings is 2. The third-order valence-corrected chi connectivity index (χ3v) is 6.10. The Kier molecular flexibility index (Phi) is 3.97. The molecule has 5 nitrogen and oxygen atoms in total. The van der Waals surface area contributed by atoms with Crippen molar-refractivity contribution in [3.05, 3.63) is 39.0 Å². The van der Waals surface area contributed by atoms with Crippen LogP contribution < -0.4 is 10.6 Å². The zero-order chi connectivity index (χ0) is 15.6. The highest BCUT2D eigenvalue weighted by atomic mass is 32.1. The van der Waals surface area contributed by atoms with Crippen molar-refractivity contribution >= 4 is 44.4 Å². The minimum absolute atomic E-state index is 0.818. The van der Waals surface area contributed by atoms with Crippen molar-refractivity contribution in [1.29, 1.82) is 0 Å². The van der Waals surface area contributed by atoms with Gasteiger partial charge in [0, 0.05) is 29.3 Å². The fourth-order valence-electron chi connectivity index (χ4n) is 2.66. The molecule has 0 bridgehead atoms. The maximum absolute atomic E-state index is 4.50. The van der Waals surface area contributed by atoms with E-state index in [4.69, 9.17) is 0 Å². The highest BCUT2D eigenvalue weighted by molar-refractivity contribution is 7.20. The summed E-state index contributed by atoms with van der Waals surface area (Å²) in [5, 5.41) is 17.5. The van der Waals surface area contributed by atoms with Crippen molar-refractivity contribution in [2.24, 2.45) is 4.99 Å². The average Bonchev–Trinajstić information content (AvgIpc) is 3.30. The average molecular weight is 343 g/mol. The van der Waals surface area contributed by atoms with Gasteiger partial charge in [0.2, 0.25) is 0 Å². The van der Waals surface area contributed by atoms with E-state index in [0.717, 1.165) is 43.1 Å². The number of aliphatic imine (C=N–C) groups is 1. The summed E-state index contributed by atoms with van der Waals surface area (Å²) in [7, 11) is 0. The largest absolute Gasteiger partial charge is 0.378 e. The van der Waals surface area contributed by atoms with E-state index in [1.807, 2.05) is 6.20 Å². The maximum Gasteiger partial charge on any atom is 0.109 e. The van der Waals surface area contributed by atoms with E-state index in [1.165, 1.54) is 20.0 Å². The minimum Gasteiger partial charge on any atom is -0.378 e. The molecule has 0 atom stereocenters. The second-order valence-corrected chi connectivity index (χ2v) is 7.59. The van der Waals surface area contributed by atoms with Gasteiger partial charge in [-0.3, -0.25) is 4.99 Å². The van der Waals surface area contributed by atoms with Crippen LogP contribution in [0.2, 0.25) is 0 Å². The van der Waals surface area contributed by atoms with Crippen LogP contribution >= 0.6 is 22.7 Å². The molecule has 1 aliphatic rings. The van der Waals surface area contributed by atoms with Crippen LogP contribution in [0.4, 0.5) is 5.69 Å². The Bertz CT molecular complexity index is 851. The first-order valence-corrected chi connectivity index (χ1v) is 9.28. The molecule has 0 fully saturated rings. The Morgan fingerprint density at radius 3 is 3.13 bits per heavy atom. The zero-order valence-corrected chi connectivity index (χ0v) is 14.4. The highest BCUT2D eigenvalue weighted by Crippen LogP contribution is 2.34. The standard InChI is InChI=1S/C16H17N5S2/c1-10-13(7-14-17-4-5-18-14)23-16-12(9-20-21-15(10)16)19-8-11-3-2-6-22-11/h2-3,6,9H,4-5,7-8H2,1H3,(H,17,18)(H,19,21). The molecule has 0 saturated heterocycles. The lowest BCUT2D eigenvalue weighted by Crippen LogP contribution is -2.20. The fraction of sp³-hybridized carbons (Fsp3) is 0.312. The van der Waals surface area contributed by atoms with Crippen LogP contribution in [0.25, 0.3) is 10.2 Å². The van der Waals surface area contributed by atoms with Crippen LogP contribution in [0.5, 0.6) is 0 Å². The van der Waals surface area contributed by atoms with Gasteiger partial charge in [0.15, 0.2) is 0 Å². The second-order valence-electron chi connectivity index (χ2n) is 5.45. The van der Waals surface area contributed by atoms with Gasteiger partial charge in [-0.1, -0.05) is 6.07 Å². The third-order valence-electron chi connectivity index (χ3n) is 3.91. The van der Waals surface area contributed by atoms with Crippen LogP contribution in [0.1, 0.15) is 15.3 Å². The first-order valence-electron chi connectivity index (χ1n) is 7.58. The number of aryl methyl sites for hydroxylation is 1. The predicted octanol–water partition coefficient (Wildman–Crippen LogP) is 3.22. The lowest BCUT2D eigenvalue weighted by atomic mass is 10.2. The van der Waals surface area contributed by atoms with Crippen molar-refractivity contribution in [3.8, 4) is 0 Å². The molecule has 3 aromatic heterocycles. The number of amidine groups is 1. The molecule has 4 heterocycles. The third kappa shape index (κ3) is 2.94. The Labute approximate surface area is 142 Å². The van der Waals surface area contributed by atoms with E-state index in [0.29, 0.717) is 0 Å². The molecule has 2 N–H and O–H groups in total. The van der Waals surface area contributed by atoms with Gasteiger partial charge < -0.3 is 10.6 Å². The van der Waals surface area contributed by atoms with Gasteiger partial charge in [-0.25, -0.2) is 0 Å². The summed E-state index contributed by atoms with van der Waals surface area (Å²) in [6.07, 6.45) is 2.68. The molecule has 7 heteroatoms. The predicted molar refractivity (Wildman–Crippen MR) is 97.8 cm³/mol. The first kappa shape index (κ1) is 14.6. The summed E-state index contributed by atoms with van der Waals surface area (Å²) in [6.45, 7) is 4.78. The molecule has 23 heavy (non-hydrogen) atoms. The van der Waals surface area contributed by atoms with Crippen molar-refractivity contribution in [2.75, 3.05) is 18.4 Å². The maximum atomic E-state index is 4.50. The molecule has 0 radical (unpaired) electrons. The van der Waals surface area contributed by atoms with Crippen LogP contribution in [-0.4, -0.2) is 29.1 Å². The SMILES string of the molecule is Cc1c(CC2=NCCN2)sc2c(NCc3cccs3)cnnc12. The second kappa shape index (κ2) is 6.25. The smallest absolute Gasteiger partial charge is 0.109 e. The highest BCUT2D eigenvalue weighted by Gasteiger charge is 2.16. The molecule has 3 aromatic rings. The molecule has 118 valence electrons. The summed E-state index contributed by atoms with van der Waals surface area (Å²) in [4.78, 5) is 7.12. The van der Waals surface area contributed by atoms with E-state index in [9.17, 15) is 0 Å².